The van der Waals surface area contributed by atoms with Gasteiger partial charge in [0.25, 0.3) is 0 Å². The maximum absolute atomic E-state index is 11.5. The first-order chi connectivity index (χ1) is 8.41. The minimum Gasteiger partial charge on any atom is -0.356 e. The van der Waals surface area contributed by atoms with Crippen LogP contribution >= 0.6 is 0 Å². The van der Waals surface area contributed by atoms with Crippen LogP contribution < -0.4 is 5.32 Å². The van der Waals surface area contributed by atoms with Crippen LogP contribution in [0.4, 0.5) is 0 Å². The Morgan fingerprint density at radius 1 is 1.11 bits per heavy atom. The Morgan fingerprint density at radius 2 is 1.78 bits per heavy atom. The number of hydrogen-bond donors (Lipinski definition) is 1. The summed E-state index contributed by atoms with van der Waals surface area (Å²) in [5.74, 6) is -0.0733. The van der Waals surface area contributed by atoms with Crippen LogP contribution in [0.2, 0.25) is 0 Å². The molecule has 0 saturated carbocycles. The van der Waals surface area contributed by atoms with Gasteiger partial charge >= 0.3 is 0 Å². The third-order valence-electron chi connectivity index (χ3n) is 2.63. The van der Waals surface area contributed by atoms with Crippen molar-refractivity contribution in [3.8, 4) is 0 Å². The molecule has 0 aliphatic rings. The van der Waals surface area contributed by atoms with E-state index in [-0.39, 0.29) is 18.9 Å². The van der Waals surface area contributed by atoms with Gasteiger partial charge in [0, 0.05) is 26.1 Å². The van der Waals surface area contributed by atoms with Gasteiger partial charge in [0.1, 0.15) is 0 Å². The number of amides is 1. The van der Waals surface area contributed by atoms with Crippen molar-refractivity contribution in [1.29, 1.82) is 0 Å². The molecule has 0 saturated heterocycles. The van der Waals surface area contributed by atoms with Crippen LogP contribution in [0.5, 0.6) is 0 Å². The van der Waals surface area contributed by atoms with E-state index in [0.29, 0.717) is 13.1 Å². The lowest BCUT2D eigenvalue weighted by Gasteiger charge is -2.18. The quantitative estimate of drug-likeness (QED) is 0.613. The highest BCUT2D eigenvalue weighted by atomic mass is 32.2. The van der Waals surface area contributed by atoms with Gasteiger partial charge in [0.2, 0.25) is 15.9 Å². The van der Waals surface area contributed by atoms with Crippen LogP contribution in [0, 0.1) is 0 Å². The van der Waals surface area contributed by atoms with E-state index in [1.165, 1.54) is 10.6 Å². The van der Waals surface area contributed by atoms with Gasteiger partial charge in [-0.3, -0.25) is 4.79 Å². The Bertz CT molecular complexity index is 328. The van der Waals surface area contributed by atoms with E-state index in [4.69, 9.17) is 0 Å². The van der Waals surface area contributed by atoms with Crippen LogP contribution in [-0.2, 0) is 14.8 Å². The van der Waals surface area contributed by atoms with Gasteiger partial charge in [0.15, 0.2) is 0 Å². The van der Waals surface area contributed by atoms with Gasteiger partial charge < -0.3 is 5.32 Å². The predicted octanol–water partition coefficient (Wildman–Crippen LogP) is 1.35. The third kappa shape index (κ3) is 8.47. The topological polar surface area (TPSA) is 66.5 Å². The van der Waals surface area contributed by atoms with Gasteiger partial charge in [-0.15, -0.1) is 0 Å². The summed E-state index contributed by atoms with van der Waals surface area (Å²) in [6.07, 6.45) is 5.37. The van der Waals surface area contributed by atoms with Crippen molar-refractivity contribution in [2.45, 2.75) is 46.0 Å². The second-order valence-corrected chi connectivity index (χ2v) is 6.45. The summed E-state index contributed by atoms with van der Waals surface area (Å²) in [4.78, 5) is 11.5. The molecule has 0 aromatic heterocycles. The zero-order chi connectivity index (χ0) is 14.0. The van der Waals surface area contributed by atoms with Gasteiger partial charge in [-0.25, -0.2) is 12.7 Å². The maximum atomic E-state index is 11.5. The summed E-state index contributed by atoms with van der Waals surface area (Å²) in [5.41, 5.74) is 0. The fraction of sp³-hybridized carbons (Fsp3) is 0.917. The molecule has 0 fully saturated rings. The SMILES string of the molecule is CCCCCNC(=O)CCN(CCC)S(C)(=O)=O. The molecule has 0 spiro atoms. The number of nitrogens with zero attached hydrogens (tertiary/aromatic N) is 1. The Kier molecular flexibility index (Phi) is 9.01. The molecule has 0 bridgehead atoms. The molecule has 0 heterocycles. The molecule has 5 nitrogen and oxygen atoms in total. The lowest BCUT2D eigenvalue weighted by atomic mass is 10.2. The Labute approximate surface area is 111 Å². The van der Waals surface area contributed by atoms with E-state index in [2.05, 4.69) is 12.2 Å². The number of hydrogen-bond acceptors (Lipinski definition) is 3. The molecule has 0 aliphatic heterocycles. The molecule has 0 radical (unpaired) electrons. The summed E-state index contributed by atoms with van der Waals surface area (Å²) >= 11 is 0. The number of sulfonamides is 1. The van der Waals surface area contributed by atoms with E-state index in [9.17, 15) is 13.2 Å². The van der Waals surface area contributed by atoms with Crippen molar-refractivity contribution in [2.24, 2.45) is 0 Å². The molecule has 1 N–H and O–H groups in total. The highest BCUT2D eigenvalue weighted by molar-refractivity contribution is 7.88. The van der Waals surface area contributed by atoms with Crippen molar-refractivity contribution < 1.29 is 13.2 Å². The molecule has 0 unspecified atom stereocenters. The Balaban J connectivity index is 3.93. The average Bonchev–Trinajstić information content (AvgIpc) is 2.28. The largest absolute Gasteiger partial charge is 0.356 e. The van der Waals surface area contributed by atoms with E-state index in [1.54, 1.807) is 0 Å². The highest BCUT2D eigenvalue weighted by Crippen LogP contribution is 2.01. The first kappa shape index (κ1) is 17.4. The highest BCUT2D eigenvalue weighted by Gasteiger charge is 2.16. The minimum atomic E-state index is -3.20. The molecule has 6 heteroatoms. The summed E-state index contributed by atoms with van der Waals surface area (Å²) in [6, 6.07) is 0. The van der Waals surface area contributed by atoms with Gasteiger partial charge in [-0.2, -0.15) is 0 Å². The van der Waals surface area contributed by atoms with Crippen molar-refractivity contribution in [3.63, 3.8) is 0 Å². The van der Waals surface area contributed by atoms with E-state index >= 15 is 0 Å². The van der Waals surface area contributed by atoms with Gasteiger partial charge in [0.05, 0.1) is 6.26 Å². The number of carbonyl (C=O) groups is 1. The smallest absolute Gasteiger partial charge is 0.221 e. The van der Waals surface area contributed by atoms with Crippen LogP contribution in [0.3, 0.4) is 0 Å². The molecular weight excluding hydrogens is 252 g/mol. The molecule has 0 aromatic carbocycles. The lowest BCUT2D eigenvalue weighted by molar-refractivity contribution is -0.121. The first-order valence-electron chi connectivity index (χ1n) is 6.63. The van der Waals surface area contributed by atoms with E-state index < -0.39 is 10.0 Å². The van der Waals surface area contributed by atoms with Crippen LogP contribution in [0.1, 0.15) is 46.0 Å². The van der Waals surface area contributed by atoms with Crippen molar-refractivity contribution >= 4 is 15.9 Å². The molecule has 108 valence electrons. The van der Waals surface area contributed by atoms with Crippen molar-refractivity contribution in [2.75, 3.05) is 25.9 Å². The van der Waals surface area contributed by atoms with Crippen LogP contribution in [-0.4, -0.2) is 44.5 Å². The van der Waals surface area contributed by atoms with E-state index in [1.807, 2.05) is 6.92 Å². The summed E-state index contributed by atoms with van der Waals surface area (Å²) in [6.45, 7) is 5.45. The number of rotatable bonds is 10. The molecular formula is C12H26N2O3S. The van der Waals surface area contributed by atoms with Crippen molar-refractivity contribution in [3.05, 3.63) is 0 Å². The third-order valence-corrected chi connectivity index (χ3v) is 3.94. The molecule has 0 rings (SSSR count). The molecule has 0 aliphatic carbocycles. The summed E-state index contributed by atoms with van der Waals surface area (Å²) < 4.78 is 24.2. The Hall–Kier alpha value is -0.620. The molecule has 0 aromatic rings. The fourth-order valence-electron chi connectivity index (χ4n) is 1.61. The first-order valence-corrected chi connectivity index (χ1v) is 8.48. The normalized spacial score (nSPS) is 11.8. The minimum absolute atomic E-state index is 0.0733. The zero-order valence-corrected chi connectivity index (χ0v) is 12.6. The summed E-state index contributed by atoms with van der Waals surface area (Å²) in [7, 11) is -3.20. The molecule has 0 atom stereocenters. The Morgan fingerprint density at radius 3 is 2.28 bits per heavy atom. The zero-order valence-electron chi connectivity index (χ0n) is 11.7. The predicted molar refractivity (Wildman–Crippen MR) is 73.9 cm³/mol. The van der Waals surface area contributed by atoms with Crippen molar-refractivity contribution in [1.82, 2.24) is 9.62 Å². The molecule has 1 amide bonds. The second-order valence-electron chi connectivity index (χ2n) is 4.47. The fourth-order valence-corrected chi connectivity index (χ4v) is 2.55. The monoisotopic (exact) mass is 278 g/mol. The number of carbonyl (C=O) groups excluding carboxylic acids is 1. The maximum Gasteiger partial charge on any atom is 0.221 e. The second kappa shape index (κ2) is 9.33. The standard InChI is InChI=1S/C12H26N2O3S/c1-4-6-7-9-13-12(15)8-11-14(10-5-2)18(3,16)17/h4-11H2,1-3H3,(H,13,15). The van der Waals surface area contributed by atoms with Crippen LogP contribution in [0.15, 0.2) is 0 Å². The number of unbranched alkanes of at least 4 members (excludes halogenated alkanes) is 2. The number of nitrogens with one attached hydrogen (secondary N) is 1. The van der Waals surface area contributed by atoms with Gasteiger partial charge in [-0.05, 0) is 12.8 Å². The van der Waals surface area contributed by atoms with Gasteiger partial charge in [-0.1, -0.05) is 26.7 Å². The van der Waals surface area contributed by atoms with E-state index in [0.717, 1.165) is 25.7 Å². The average molecular weight is 278 g/mol. The molecule has 18 heavy (non-hydrogen) atoms. The van der Waals surface area contributed by atoms with Crippen LogP contribution in [0.25, 0.3) is 0 Å². The lowest BCUT2D eigenvalue weighted by Crippen LogP contribution is -2.35. The summed E-state index contributed by atoms with van der Waals surface area (Å²) in [5, 5.41) is 2.81.